The van der Waals surface area contributed by atoms with E-state index in [0.717, 1.165) is 12.0 Å². The fraction of sp³-hybridized carbons (Fsp3) is 0.385. The summed E-state index contributed by atoms with van der Waals surface area (Å²) in [6.07, 6.45) is 0.890. The van der Waals surface area contributed by atoms with Gasteiger partial charge in [0.2, 0.25) is 0 Å². The number of rotatable bonds is 4. The first-order chi connectivity index (χ1) is 8.54. The standard InChI is InChI=1S/C13H13N3O2/c1-3-9(2)13-10(4-5-14)6-12(16(17)18)7-11(13)8-15/h6-7,9H,3-4H2,1-2H3. The molecule has 1 unspecified atom stereocenters. The van der Waals surface area contributed by atoms with Gasteiger partial charge in [0.25, 0.3) is 5.69 Å². The summed E-state index contributed by atoms with van der Waals surface area (Å²) < 4.78 is 0. The largest absolute Gasteiger partial charge is 0.271 e. The van der Waals surface area contributed by atoms with Gasteiger partial charge in [-0.1, -0.05) is 13.8 Å². The normalized spacial score (nSPS) is 11.3. The van der Waals surface area contributed by atoms with Crippen molar-refractivity contribution in [3.63, 3.8) is 0 Å². The molecule has 0 radical (unpaired) electrons. The topological polar surface area (TPSA) is 90.7 Å². The van der Waals surface area contributed by atoms with Crippen LogP contribution in [0.1, 0.15) is 42.9 Å². The highest BCUT2D eigenvalue weighted by Crippen LogP contribution is 2.30. The first-order valence-corrected chi connectivity index (χ1v) is 5.63. The molecule has 0 spiro atoms. The lowest BCUT2D eigenvalue weighted by molar-refractivity contribution is -0.384. The molecule has 1 aromatic rings. The van der Waals surface area contributed by atoms with E-state index in [-0.39, 0.29) is 18.0 Å². The van der Waals surface area contributed by atoms with Gasteiger partial charge in [0, 0.05) is 12.1 Å². The Morgan fingerprint density at radius 1 is 1.44 bits per heavy atom. The second kappa shape index (κ2) is 5.79. The van der Waals surface area contributed by atoms with Crippen LogP contribution < -0.4 is 0 Å². The molecule has 5 heteroatoms. The third-order valence-corrected chi connectivity index (χ3v) is 2.96. The van der Waals surface area contributed by atoms with Crippen LogP contribution in [0.15, 0.2) is 12.1 Å². The third-order valence-electron chi connectivity index (χ3n) is 2.96. The SMILES string of the molecule is CCC(C)c1c(C#N)cc([N+](=O)[O-])cc1CC#N. The Bertz CT molecular complexity index is 553. The molecular formula is C13H13N3O2. The van der Waals surface area contributed by atoms with Crippen LogP contribution in [0.2, 0.25) is 0 Å². The van der Waals surface area contributed by atoms with E-state index in [0.29, 0.717) is 11.1 Å². The summed E-state index contributed by atoms with van der Waals surface area (Å²) in [5.74, 6) is 0.101. The van der Waals surface area contributed by atoms with Crippen molar-refractivity contribution in [1.29, 1.82) is 10.5 Å². The summed E-state index contributed by atoms with van der Waals surface area (Å²) in [5.41, 5.74) is 1.50. The maximum absolute atomic E-state index is 10.8. The average molecular weight is 243 g/mol. The van der Waals surface area contributed by atoms with Crippen molar-refractivity contribution in [3.05, 3.63) is 38.9 Å². The van der Waals surface area contributed by atoms with Crippen molar-refractivity contribution < 1.29 is 4.92 Å². The molecule has 0 aliphatic heterocycles. The van der Waals surface area contributed by atoms with Crippen molar-refractivity contribution >= 4 is 5.69 Å². The van der Waals surface area contributed by atoms with Crippen molar-refractivity contribution in [2.24, 2.45) is 0 Å². The summed E-state index contributed by atoms with van der Waals surface area (Å²) >= 11 is 0. The maximum atomic E-state index is 10.8. The van der Waals surface area contributed by atoms with E-state index in [1.54, 1.807) is 0 Å². The fourth-order valence-electron chi connectivity index (χ4n) is 1.91. The summed E-state index contributed by atoms with van der Waals surface area (Å²) in [6.45, 7) is 3.92. The Morgan fingerprint density at radius 3 is 2.56 bits per heavy atom. The molecule has 0 bridgehead atoms. The highest BCUT2D eigenvalue weighted by atomic mass is 16.6. The molecule has 0 aromatic heterocycles. The molecule has 0 fully saturated rings. The monoisotopic (exact) mass is 243 g/mol. The molecule has 1 atom stereocenters. The Balaban J connectivity index is 3.52. The summed E-state index contributed by atoms with van der Waals surface area (Å²) in [6, 6.07) is 6.65. The zero-order valence-electron chi connectivity index (χ0n) is 10.3. The minimum atomic E-state index is -0.540. The summed E-state index contributed by atoms with van der Waals surface area (Å²) in [4.78, 5) is 10.2. The number of hydrogen-bond acceptors (Lipinski definition) is 4. The molecule has 0 aliphatic carbocycles. The Morgan fingerprint density at radius 2 is 2.11 bits per heavy atom. The molecule has 0 amide bonds. The summed E-state index contributed by atoms with van der Waals surface area (Å²) in [7, 11) is 0. The van der Waals surface area contributed by atoms with E-state index in [4.69, 9.17) is 10.5 Å². The van der Waals surface area contributed by atoms with Gasteiger partial charge in [-0.05, 0) is 23.5 Å². The minimum Gasteiger partial charge on any atom is -0.258 e. The second-order valence-corrected chi connectivity index (χ2v) is 4.08. The van der Waals surface area contributed by atoms with Crippen LogP contribution in [0.3, 0.4) is 0 Å². The molecule has 92 valence electrons. The first kappa shape index (κ1) is 13.7. The average Bonchev–Trinajstić information content (AvgIpc) is 2.37. The van der Waals surface area contributed by atoms with Gasteiger partial charge < -0.3 is 0 Å². The zero-order valence-corrected chi connectivity index (χ0v) is 10.3. The molecule has 0 aliphatic rings. The van der Waals surface area contributed by atoms with E-state index >= 15 is 0 Å². The molecule has 0 saturated carbocycles. The summed E-state index contributed by atoms with van der Waals surface area (Å²) in [5, 5.41) is 28.7. The number of hydrogen-bond donors (Lipinski definition) is 0. The quantitative estimate of drug-likeness (QED) is 0.600. The van der Waals surface area contributed by atoms with Crippen LogP contribution in [0.25, 0.3) is 0 Å². The molecule has 5 nitrogen and oxygen atoms in total. The number of nitriles is 2. The van der Waals surface area contributed by atoms with Gasteiger partial charge in [-0.2, -0.15) is 10.5 Å². The smallest absolute Gasteiger partial charge is 0.258 e. The van der Waals surface area contributed by atoms with Gasteiger partial charge in [-0.15, -0.1) is 0 Å². The molecule has 1 rings (SSSR count). The first-order valence-electron chi connectivity index (χ1n) is 5.63. The van der Waals surface area contributed by atoms with Gasteiger partial charge in [0.05, 0.1) is 29.0 Å². The fourth-order valence-corrected chi connectivity index (χ4v) is 1.91. The third kappa shape index (κ3) is 2.64. The van der Waals surface area contributed by atoms with Gasteiger partial charge in [-0.3, -0.25) is 10.1 Å². The lowest BCUT2D eigenvalue weighted by Crippen LogP contribution is -2.04. The van der Waals surface area contributed by atoms with Gasteiger partial charge in [-0.25, -0.2) is 0 Å². The van der Waals surface area contributed by atoms with E-state index < -0.39 is 4.92 Å². The van der Waals surface area contributed by atoms with Gasteiger partial charge >= 0.3 is 0 Å². The van der Waals surface area contributed by atoms with Crippen LogP contribution >= 0.6 is 0 Å². The van der Waals surface area contributed by atoms with Crippen molar-refractivity contribution in [1.82, 2.24) is 0 Å². The van der Waals surface area contributed by atoms with Crippen LogP contribution in [-0.4, -0.2) is 4.92 Å². The number of nitrogens with zero attached hydrogens (tertiary/aromatic N) is 3. The van der Waals surface area contributed by atoms with Crippen LogP contribution in [-0.2, 0) is 6.42 Å². The lowest BCUT2D eigenvalue weighted by atomic mass is 9.88. The Labute approximate surface area is 105 Å². The second-order valence-electron chi connectivity index (χ2n) is 4.08. The Kier molecular flexibility index (Phi) is 4.39. The van der Waals surface area contributed by atoms with Gasteiger partial charge in [0.1, 0.15) is 0 Å². The van der Waals surface area contributed by atoms with Crippen LogP contribution in [0, 0.1) is 32.8 Å². The van der Waals surface area contributed by atoms with Crippen molar-refractivity contribution in [2.75, 3.05) is 0 Å². The maximum Gasteiger partial charge on any atom is 0.271 e. The molecule has 18 heavy (non-hydrogen) atoms. The zero-order chi connectivity index (χ0) is 13.7. The van der Waals surface area contributed by atoms with Crippen molar-refractivity contribution in [2.45, 2.75) is 32.6 Å². The number of non-ortho nitro benzene ring substituents is 1. The molecular weight excluding hydrogens is 230 g/mol. The van der Waals surface area contributed by atoms with E-state index in [9.17, 15) is 10.1 Å². The molecule has 0 saturated heterocycles. The van der Waals surface area contributed by atoms with Crippen LogP contribution in [0.4, 0.5) is 5.69 Å². The van der Waals surface area contributed by atoms with Crippen molar-refractivity contribution in [3.8, 4) is 12.1 Å². The molecule has 1 aromatic carbocycles. The molecule has 0 N–H and O–H groups in total. The number of nitro groups is 1. The highest BCUT2D eigenvalue weighted by molar-refractivity contribution is 5.53. The predicted octanol–water partition coefficient (Wildman–Crippen LogP) is 3.05. The van der Waals surface area contributed by atoms with Gasteiger partial charge in [0.15, 0.2) is 0 Å². The van der Waals surface area contributed by atoms with E-state index in [2.05, 4.69) is 0 Å². The number of nitro benzene ring substituents is 1. The highest BCUT2D eigenvalue weighted by Gasteiger charge is 2.19. The lowest BCUT2D eigenvalue weighted by Gasteiger charge is -2.15. The number of benzene rings is 1. The predicted molar refractivity (Wildman–Crippen MR) is 65.8 cm³/mol. The van der Waals surface area contributed by atoms with E-state index in [1.165, 1.54) is 12.1 Å². The van der Waals surface area contributed by atoms with Crippen LogP contribution in [0.5, 0.6) is 0 Å². The minimum absolute atomic E-state index is 0.0794. The Hall–Kier alpha value is -2.40. The molecule has 0 heterocycles. The van der Waals surface area contributed by atoms with E-state index in [1.807, 2.05) is 26.0 Å².